The molecule has 4 heteroatoms. The van der Waals surface area contributed by atoms with E-state index in [1.54, 1.807) is 0 Å². The Hall–Kier alpha value is -1.81. The van der Waals surface area contributed by atoms with Crippen molar-refractivity contribution in [1.29, 1.82) is 0 Å². The largest absolute Gasteiger partial charge is 0.492 e. The number of benzene rings is 1. The average molecular weight is 300 g/mol. The molecule has 1 aliphatic rings. The van der Waals surface area contributed by atoms with Gasteiger partial charge in [-0.1, -0.05) is 18.2 Å². The van der Waals surface area contributed by atoms with Crippen molar-refractivity contribution in [3.05, 3.63) is 48.5 Å². The lowest BCUT2D eigenvalue weighted by molar-refractivity contribution is -0.0607. The molecule has 0 saturated carbocycles. The highest BCUT2D eigenvalue weighted by molar-refractivity contribution is 5.20. The summed E-state index contributed by atoms with van der Waals surface area (Å²) < 4.78 is 13.8. The molecule has 1 aromatic carbocycles. The first-order valence-corrected chi connectivity index (χ1v) is 7.97. The Kier molecular flexibility index (Phi) is 4.48. The number of nitrogens with zero attached hydrogens (tertiary/aromatic N) is 2. The van der Waals surface area contributed by atoms with Crippen LogP contribution in [0.3, 0.4) is 0 Å². The van der Waals surface area contributed by atoms with Crippen molar-refractivity contribution in [2.75, 3.05) is 13.2 Å². The zero-order valence-corrected chi connectivity index (χ0v) is 13.4. The Bertz CT molecular complexity index is 592. The average Bonchev–Trinajstić information content (AvgIpc) is 2.96. The van der Waals surface area contributed by atoms with E-state index in [1.165, 1.54) is 0 Å². The van der Waals surface area contributed by atoms with Gasteiger partial charge in [-0.25, -0.2) is 4.98 Å². The van der Waals surface area contributed by atoms with Crippen molar-refractivity contribution in [2.45, 2.75) is 44.8 Å². The number of aromatic nitrogens is 2. The Morgan fingerprint density at radius 1 is 1.32 bits per heavy atom. The van der Waals surface area contributed by atoms with E-state index in [1.807, 2.05) is 42.7 Å². The smallest absolute Gasteiger partial charge is 0.119 e. The Morgan fingerprint density at radius 3 is 2.91 bits per heavy atom. The van der Waals surface area contributed by atoms with Gasteiger partial charge in [0.15, 0.2) is 0 Å². The molecule has 2 heterocycles. The summed E-state index contributed by atoms with van der Waals surface area (Å²) in [7, 11) is 0. The van der Waals surface area contributed by atoms with Crippen LogP contribution in [0.5, 0.6) is 5.75 Å². The molecule has 0 N–H and O–H groups in total. The van der Waals surface area contributed by atoms with E-state index < -0.39 is 0 Å². The number of para-hydroxylation sites is 1. The second-order valence-corrected chi connectivity index (χ2v) is 6.44. The van der Waals surface area contributed by atoms with Crippen molar-refractivity contribution >= 4 is 0 Å². The van der Waals surface area contributed by atoms with Gasteiger partial charge in [0, 0.05) is 24.9 Å². The number of imidazole rings is 1. The first-order chi connectivity index (χ1) is 10.6. The number of hydrogen-bond acceptors (Lipinski definition) is 3. The van der Waals surface area contributed by atoms with Crippen LogP contribution in [0.2, 0.25) is 0 Å². The van der Waals surface area contributed by atoms with Gasteiger partial charge in [-0.05, 0) is 38.8 Å². The van der Waals surface area contributed by atoms with Gasteiger partial charge in [0.25, 0.3) is 0 Å². The summed E-state index contributed by atoms with van der Waals surface area (Å²) in [5.41, 5.74) is -0.0553. The Morgan fingerprint density at radius 2 is 2.14 bits per heavy atom. The molecule has 1 aromatic heterocycles. The van der Waals surface area contributed by atoms with Gasteiger partial charge in [0.2, 0.25) is 0 Å². The van der Waals surface area contributed by atoms with Crippen LogP contribution in [0.15, 0.2) is 42.7 Å². The van der Waals surface area contributed by atoms with Crippen LogP contribution in [-0.4, -0.2) is 28.4 Å². The van der Waals surface area contributed by atoms with E-state index in [9.17, 15) is 0 Å². The van der Waals surface area contributed by atoms with Gasteiger partial charge in [-0.3, -0.25) is 0 Å². The number of rotatable bonds is 5. The third-order valence-electron chi connectivity index (χ3n) is 4.15. The second kappa shape index (κ2) is 6.53. The molecular weight excluding hydrogens is 276 g/mol. The fraction of sp³-hybridized carbons (Fsp3) is 0.500. The van der Waals surface area contributed by atoms with Crippen LogP contribution in [0.1, 0.15) is 38.4 Å². The molecular formula is C18H24N2O2. The number of ether oxygens (including phenoxy) is 2. The van der Waals surface area contributed by atoms with Crippen molar-refractivity contribution in [2.24, 2.45) is 0 Å². The summed E-state index contributed by atoms with van der Waals surface area (Å²) in [5.74, 6) is 2.54. The summed E-state index contributed by atoms with van der Waals surface area (Å²) >= 11 is 0. The summed E-state index contributed by atoms with van der Waals surface area (Å²) in [4.78, 5) is 4.58. The van der Waals surface area contributed by atoms with E-state index in [4.69, 9.17) is 9.47 Å². The van der Waals surface area contributed by atoms with Crippen LogP contribution in [0, 0.1) is 0 Å². The number of hydrogen-bond donors (Lipinski definition) is 0. The molecule has 0 aliphatic carbocycles. The molecule has 22 heavy (non-hydrogen) atoms. The zero-order chi connectivity index (χ0) is 15.4. The lowest BCUT2D eigenvalue weighted by Gasteiger charge is -2.35. The highest BCUT2D eigenvalue weighted by Gasteiger charge is 2.31. The Labute approximate surface area is 132 Å². The molecule has 0 radical (unpaired) electrons. The van der Waals surface area contributed by atoms with Gasteiger partial charge in [0.1, 0.15) is 18.2 Å². The van der Waals surface area contributed by atoms with E-state index in [0.29, 0.717) is 12.5 Å². The van der Waals surface area contributed by atoms with Crippen LogP contribution in [0.4, 0.5) is 0 Å². The first kappa shape index (κ1) is 15.1. The van der Waals surface area contributed by atoms with Gasteiger partial charge < -0.3 is 14.0 Å². The maximum atomic E-state index is 5.81. The molecule has 0 unspecified atom stereocenters. The summed E-state index contributed by atoms with van der Waals surface area (Å²) in [5, 5.41) is 0. The molecule has 3 rings (SSSR count). The fourth-order valence-corrected chi connectivity index (χ4v) is 3.10. The second-order valence-electron chi connectivity index (χ2n) is 6.44. The molecule has 0 spiro atoms. The van der Waals surface area contributed by atoms with Crippen molar-refractivity contribution in [3.63, 3.8) is 0 Å². The maximum absolute atomic E-state index is 5.81. The quantitative estimate of drug-likeness (QED) is 0.846. The Balaban J connectivity index is 1.60. The minimum Gasteiger partial charge on any atom is -0.492 e. The molecule has 1 fully saturated rings. The molecule has 0 bridgehead atoms. The van der Waals surface area contributed by atoms with Crippen LogP contribution in [0.25, 0.3) is 0 Å². The lowest BCUT2D eigenvalue weighted by atomic mass is 9.88. The van der Waals surface area contributed by atoms with Gasteiger partial charge in [-0.15, -0.1) is 0 Å². The fourth-order valence-electron chi connectivity index (χ4n) is 3.10. The third kappa shape index (κ3) is 3.69. The summed E-state index contributed by atoms with van der Waals surface area (Å²) in [6, 6.07) is 9.93. The molecule has 2 aromatic rings. The van der Waals surface area contributed by atoms with Crippen molar-refractivity contribution in [3.8, 4) is 5.75 Å². The molecule has 1 atom stereocenters. The van der Waals surface area contributed by atoms with E-state index in [2.05, 4.69) is 23.4 Å². The van der Waals surface area contributed by atoms with Crippen molar-refractivity contribution < 1.29 is 9.47 Å². The normalized spacial score (nSPS) is 20.7. The van der Waals surface area contributed by atoms with Crippen molar-refractivity contribution in [1.82, 2.24) is 9.55 Å². The van der Waals surface area contributed by atoms with Crippen LogP contribution in [-0.2, 0) is 11.3 Å². The standard InChI is InChI=1S/C18H24N2O2/c1-18(2)14-15(8-12-22-18)17-19-9-10-20(17)11-13-21-16-6-4-3-5-7-16/h3-7,9-10,15H,8,11-14H2,1-2H3/t15-/m1/s1. The first-order valence-electron chi connectivity index (χ1n) is 7.97. The summed E-state index contributed by atoms with van der Waals surface area (Å²) in [6.07, 6.45) is 6.00. The maximum Gasteiger partial charge on any atom is 0.119 e. The van der Waals surface area contributed by atoms with E-state index in [0.717, 1.165) is 37.6 Å². The van der Waals surface area contributed by atoms with E-state index in [-0.39, 0.29) is 5.60 Å². The summed E-state index contributed by atoms with van der Waals surface area (Å²) in [6.45, 7) is 6.60. The monoisotopic (exact) mass is 300 g/mol. The molecule has 1 aliphatic heterocycles. The lowest BCUT2D eigenvalue weighted by Crippen LogP contribution is -2.34. The molecule has 4 nitrogen and oxygen atoms in total. The minimum atomic E-state index is -0.0553. The topological polar surface area (TPSA) is 36.3 Å². The minimum absolute atomic E-state index is 0.0553. The predicted molar refractivity (Wildman–Crippen MR) is 86.2 cm³/mol. The van der Waals surface area contributed by atoms with Gasteiger partial charge in [0.05, 0.1) is 12.1 Å². The molecule has 1 saturated heterocycles. The molecule has 118 valence electrons. The van der Waals surface area contributed by atoms with Gasteiger partial charge >= 0.3 is 0 Å². The van der Waals surface area contributed by atoms with E-state index >= 15 is 0 Å². The highest BCUT2D eigenvalue weighted by Crippen LogP contribution is 2.34. The predicted octanol–water partition coefficient (Wildman–Crippen LogP) is 3.63. The van der Waals surface area contributed by atoms with Gasteiger partial charge in [-0.2, -0.15) is 0 Å². The van der Waals surface area contributed by atoms with Crippen LogP contribution < -0.4 is 4.74 Å². The highest BCUT2D eigenvalue weighted by atomic mass is 16.5. The van der Waals surface area contributed by atoms with Crippen LogP contribution >= 0.6 is 0 Å². The SMILES string of the molecule is CC1(C)C[C@H](c2nccn2CCOc2ccccc2)CCO1. The zero-order valence-electron chi connectivity index (χ0n) is 13.4. The molecule has 0 amide bonds. The third-order valence-corrected chi connectivity index (χ3v) is 4.15.